The SMILES string of the molecule is Cc1cc(C(N)=S)ccc1S(=O)(=O)NCC(C)C(C)C. The highest BCUT2D eigenvalue weighted by Crippen LogP contribution is 2.17. The van der Waals surface area contributed by atoms with Crippen molar-refractivity contribution < 1.29 is 8.42 Å². The quantitative estimate of drug-likeness (QED) is 0.790. The lowest BCUT2D eigenvalue weighted by molar-refractivity contribution is 0.414. The standard InChI is InChI=1S/C14H22N2O2S2/c1-9(2)11(4)8-16-20(17,18)13-6-5-12(14(15)19)7-10(13)3/h5-7,9,11,16H,8H2,1-4H3,(H2,15,19). The predicted molar refractivity (Wildman–Crippen MR) is 86.3 cm³/mol. The summed E-state index contributed by atoms with van der Waals surface area (Å²) in [6.45, 7) is 8.33. The van der Waals surface area contributed by atoms with E-state index in [1.54, 1.807) is 25.1 Å². The van der Waals surface area contributed by atoms with Crippen molar-refractivity contribution in [1.29, 1.82) is 0 Å². The fourth-order valence-electron chi connectivity index (χ4n) is 1.66. The molecule has 0 bridgehead atoms. The third kappa shape index (κ3) is 4.26. The minimum atomic E-state index is -3.50. The van der Waals surface area contributed by atoms with Gasteiger partial charge in [0.25, 0.3) is 0 Å². The molecule has 0 spiro atoms. The van der Waals surface area contributed by atoms with Crippen molar-refractivity contribution in [2.24, 2.45) is 17.6 Å². The van der Waals surface area contributed by atoms with Crippen LogP contribution < -0.4 is 10.5 Å². The van der Waals surface area contributed by atoms with Crippen LogP contribution in [0.25, 0.3) is 0 Å². The molecule has 6 heteroatoms. The first-order valence-electron chi connectivity index (χ1n) is 6.55. The first-order chi connectivity index (χ1) is 9.15. The third-order valence-corrected chi connectivity index (χ3v) is 5.30. The van der Waals surface area contributed by atoms with Crippen molar-refractivity contribution in [3.63, 3.8) is 0 Å². The van der Waals surface area contributed by atoms with Gasteiger partial charge in [-0.3, -0.25) is 0 Å². The molecule has 4 nitrogen and oxygen atoms in total. The van der Waals surface area contributed by atoms with Gasteiger partial charge in [0.2, 0.25) is 10.0 Å². The summed E-state index contributed by atoms with van der Waals surface area (Å²) in [6.07, 6.45) is 0. The van der Waals surface area contributed by atoms with Crippen LogP contribution in [0, 0.1) is 18.8 Å². The van der Waals surface area contributed by atoms with Crippen LogP contribution in [0.5, 0.6) is 0 Å². The molecular weight excluding hydrogens is 292 g/mol. The van der Waals surface area contributed by atoms with Crippen LogP contribution >= 0.6 is 12.2 Å². The average Bonchev–Trinajstić information content (AvgIpc) is 2.35. The number of thiocarbonyl (C=S) groups is 1. The predicted octanol–water partition coefficient (Wildman–Crippen LogP) is 2.20. The van der Waals surface area contributed by atoms with E-state index in [-0.39, 0.29) is 15.8 Å². The maximum atomic E-state index is 12.3. The topological polar surface area (TPSA) is 72.2 Å². The lowest BCUT2D eigenvalue weighted by Gasteiger charge is -2.17. The van der Waals surface area contributed by atoms with Gasteiger partial charge in [0, 0.05) is 12.1 Å². The molecule has 0 aliphatic carbocycles. The Bertz CT molecular complexity index is 595. The summed E-state index contributed by atoms with van der Waals surface area (Å²) >= 11 is 4.89. The summed E-state index contributed by atoms with van der Waals surface area (Å²) in [4.78, 5) is 0.534. The van der Waals surface area contributed by atoms with Crippen LogP contribution in [0.2, 0.25) is 0 Å². The third-order valence-electron chi connectivity index (χ3n) is 3.48. The smallest absolute Gasteiger partial charge is 0.240 e. The Kier molecular flexibility index (Phi) is 5.68. The minimum Gasteiger partial charge on any atom is -0.389 e. The Morgan fingerprint density at radius 3 is 2.40 bits per heavy atom. The van der Waals surface area contributed by atoms with E-state index in [1.165, 1.54) is 0 Å². The van der Waals surface area contributed by atoms with Crippen LogP contribution in [0.15, 0.2) is 23.1 Å². The van der Waals surface area contributed by atoms with E-state index >= 15 is 0 Å². The van der Waals surface area contributed by atoms with Gasteiger partial charge in [-0.2, -0.15) is 0 Å². The molecule has 1 rings (SSSR count). The minimum absolute atomic E-state index is 0.262. The molecule has 3 N–H and O–H groups in total. The number of hydrogen-bond acceptors (Lipinski definition) is 3. The highest BCUT2D eigenvalue weighted by Gasteiger charge is 2.19. The van der Waals surface area contributed by atoms with Gasteiger partial charge >= 0.3 is 0 Å². The van der Waals surface area contributed by atoms with Gasteiger partial charge in [0.05, 0.1) is 4.90 Å². The summed E-state index contributed by atoms with van der Waals surface area (Å²) in [5.74, 6) is 0.705. The molecule has 1 aromatic rings. The summed E-state index contributed by atoms with van der Waals surface area (Å²) < 4.78 is 27.2. The summed E-state index contributed by atoms with van der Waals surface area (Å²) in [5, 5.41) is 0. The molecule has 0 aliphatic rings. The van der Waals surface area contributed by atoms with Gasteiger partial charge < -0.3 is 5.73 Å². The molecule has 1 atom stereocenters. The van der Waals surface area contributed by atoms with Gasteiger partial charge in [-0.25, -0.2) is 13.1 Å². The fourth-order valence-corrected chi connectivity index (χ4v) is 3.15. The van der Waals surface area contributed by atoms with Crippen molar-refractivity contribution in [3.05, 3.63) is 29.3 Å². The Balaban J connectivity index is 2.96. The first-order valence-corrected chi connectivity index (χ1v) is 8.44. The fraction of sp³-hybridized carbons (Fsp3) is 0.500. The van der Waals surface area contributed by atoms with Gasteiger partial charge in [0.1, 0.15) is 4.99 Å². The van der Waals surface area contributed by atoms with Crippen LogP contribution in [-0.4, -0.2) is 20.0 Å². The zero-order valence-corrected chi connectivity index (χ0v) is 13.9. The van der Waals surface area contributed by atoms with Crippen LogP contribution in [0.1, 0.15) is 31.9 Å². The van der Waals surface area contributed by atoms with Gasteiger partial charge in [0.15, 0.2) is 0 Å². The van der Waals surface area contributed by atoms with Gasteiger partial charge in [-0.1, -0.05) is 39.1 Å². The Morgan fingerprint density at radius 1 is 1.35 bits per heavy atom. The highest BCUT2D eigenvalue weighted by atomic mass is 32.2. The first kappa shape index (κ1) is 17.1. The average molecular weight is 314 g/mol. The van der Waals surface area contributed by atoms with E-state index in [4.69, 9.17) is 18.0 Å². The summed E-state index contributed by atoms with van der Waals surface area (Å²) in [5.41, 5.74) is 6.85. The molecule has 0 saturated heterocycles. The van der Waals surface area contributed by atoms with Crippen LogP contribution in [-0.2, 0) is 10.0 Å². The number of rotatable bonds is 6. The van der Waals surface area contributed by atoms with Gasteiger partial charge in [-0.05, 0) is 36.5 Å². The van der Waals surface area contributed by atoms with E-state index in [9.17, 15) is 8.42 Å². The molecule has 0 amide bonds. The molecule has 20 heavy (non-hydrogen) atoms. The zero-order valence-electron chi connectivity index (χ0n) is 12.3. The van der Waals surface area contributed by atoms with Crippen molar-refractivity contribution >= 4 is 27.2 Å². The largest absolute Gasteiger partial charge is 0.389 e. The Morgan fingerprint density at radius 2 is 1.95 bits per heavy atom. The maximum absolute atomic E-state index is 12.3. The second kappa shape index (κ2) is 6.65. The second-order valence-corrected chi connectivity index (χ2v) is 7.59. The molecule has 1 unspecified atom stereocenters. The number of aryl methyl sites for hydroxylation is 1. The summed E-state index contributed by atoms with van der Waals surface area (Å²) in [6, 6.07) is 4.88. The van der Waals surface area contributed by atoms with Crippen LogP contribution in [0.4, 0.5) is 0 Å². The maximum Gasteiger partial charge on any atom is 0.240 e. The highest BCUT2D eigenvalue weighted by molar-refractivity contribution is 7.89. The molecule has 112 valence electrons. The summed E-state index contributed by atoms with van der Waals surface area (Å²) in [7, 11) is -3.50. The number of nitrogens with one attached hydrogen (secondary N) is 1. The van der Waals surface area contributed by atoms with E-state index in [2.05, 4.69) is 18.6 Å². The molecule has 0 saturated carbocycles. The Labute approximate surface area is 126 Å². The molecule has 0 aliphatic heterocycles. The van der Waals surface area contributed by atoms with E-state index < -0.39 is 10.0 Å². The van der Waals surface area contributed by atoms with E-state index in [0.717, 1.165) is 0 Å². The zero-order chi connectivity index (χ0) is 15.5. The van der Waals surface area contributed by atoms with Gasteiger partial charge in [-0.15, -0.1) is 0 Å². The number of sulfonamides is 1. The lowest BCUT2D eigenvalue weighted by atomic mass is 9.99. The number of benzene rings is 1. The number of hydrogen-bond donors (Lipinski definition) is 2. The second-order valence-electron chi connectivity index (χ2n) is 5.42. The normalized spacial score (nSPS) is 13.4. The molecule has 0 fully saturated rings. The van der Waals surface area contributed by atoms with Crippen LogP contribution in [0.3, 0.4) is 0 Å². The lowest BCUT2D eigenvalue weighted by Crippen LogP contribution is -2.30. The van der Waals surface area contributed by atoms with Crippen molar-refractivity contribution in [1.82, 2.24) is 4.72 Å². The van der Waals surface area contributed by atoms with Crippen molar-refractivity contribution in [2.75, 3.05) is 6.54 Å². The monoisotopic (exact) mass is 314 g/mol. The molecule has 1 aromatic carbocycles. The Hall–Kier alpha value is -0.980. The molecular formula is C14H22N2O2S2. The molecule has 0 heterocycles. The van der Waals surface area contributed by atoms with E-state index in [1.807, 2.05) is 6.92 Å². The number of nitrogens with two attached hydrogens (primary N) is 1. The molecule has 0 radical (unpaired) electrons. The van der Waals surface area contributed by atoms with E-state index in [0.29, 0.717) is 23.6 Å². The van der Waals surface area contributed by atoms with Crippen molar-refractivity contribution in [3.8, 4) is 0 Å². The van der Waals surface area contributed by atoms with Crippen molar-refractivity contribution in [2.45, 2.75) is 32.6 Å². The molecule has 0 aromatic heterocycles.